The maximum absolute atomic E-state index is 14.1. The molecule has 2 aromatic heterocycles. The van der Waals surface area contributed by atoms with Crippen LogP contribution in [0.1, 0.15) is 21.9 Å². The lowest BCUT2D eigenvalue weighted by Crippen LogP contribution is -2.11. The molecule has 3 rings (SSSR count). The molecule has 0 amide bonds. The topological polar surface area (TPSA) is 78.1 Å². The van der Waals surface area contributed by atoms with Crippen LogP contribution in [0, 0.1) is 5.82 Å². The highest BCUT2D eigenvalue weighted by Gasteiger charge is 2.38. The summed E-state index contributed by atoms with van der Waals surface area (Å²) >= 11 is 1.37. The first-order valence-corrected chi connectivity index (χ1v) is 7.97. The molecule has 11 heteroatoms. The number of thiazole rings is 1. The summed E-state index contributed by atoms with van der Waals surface area (Å²) in [5, 5.41) is 4.91. The normalized spacial score (nSPS) is 11.7. The fourth-order valence-corrected chi connectivity index (χ4v) is 2.51. The molecule has 0 atom stereocenters. The largest absolute Gasteiger partial charge is 0.471 e. The molecule has 0 fully saturated rings. The lowest BCUT2D eigenvalue weighted by atomic mass is 10.1. The highest BCUT2D eigenvalue weighted by molar-refractivity contribution is 7.07. The average Bonchev–Trinajstić information content (AvgIpc) is 3.26. The molecule has 0 N–H and O–H groups in total. The summed E-state index contributed by atoms with van der Waals surface area (Å²) in [7, 11) is 0. The van der Waals surface area contributed by atoms with E-state index in [4.69, 9.17) is 4.74 Å². The quantitative estimate of drug-likeness (QED) is 0.474. The highest BCUT2D eigenvalue weighted by atomic mass is 32.1. The van der Waals surface area contributed by atoms with E-state index >= 15 is 0 Å². The maximum atomic E-state index is 14.1. The van der Waals surface area contributed by atoms with E-state index in [0.717, 1.165) is 12.1 Å². The van der Waals surface area contributed by atoms with Crippen molar-refractivity contribution in [3.05, 3.63) is 52.1 Å². The second-order valence-electron chi connectivity index (χ2n) is 5.01. The summed E-state index contributed by atoms with van der Waals surface area (Å²) in [5.41, 5.74) is 1.95. The van der Waals surface area contributed by atoms with E-state index < -0.39 is 29.5 Å². The van der Waals surface area contributed by atoms with Crippen molar-refractivity contribution in [1.82, 2.24) is 15.1 Å². The zero-order valence-corrected chi connectivity index (χ0v) is 13.6. The number of hydrogen-bond donors (Lipinski definition) is 0. The fourth-order valence-electron chi connectivity index (χ4n) is 1.97. The maximum Gasteiger partial charge on any atom is 0.471 e. The zero-order valence-electron chi connectivity index (χ0n) is 12.8. The predicted octanol–water partition coefficient (Wildman–Crippen LogP) is 3.75. The number of Topliss-reactive ketones (excluding diaryl/α,β-unsaturated/α-hetero) is 1. The van der Waals surface area contributed by atoms with Gasteiger partial charge in [0.2, 0.25) is 5.82 Å². The number of hydrogen-bond acceptors (Lipinski definition) is 7. The first-order chi connectivity index (χ1) is 12.3. The van der Waals surface area contributed by atoms with Gasteiger partial charge >= 0.3 is 12.1 Å². The number of ketones is 1. The molecule has 136 valence electrons. The van der Waals surface area contributed by atoms with Crippen molar-refractivity contribution >= 4 is 17.1 Å². The Kier molecular flexibility index (Phi) is 5.09. The minimum Gasteiger partial charge on any atom is -0.367 e. The number of halogens is 4. The molecule has 0 bridgehead atoms. The van der Waals surface area contributed by atoms with E-state index in [0.29, 0.717) is 5.69 Å². The number of nitrogens with zero attached hydrogens (tertiary/aromatic N) is 3. The Labute approximate surface area is 147 Å². The number of carbonyl (C=O) groups is 1. The van der Waals surface area contributed by atoms with E-state index in [-0.39, 0.29) is 24.3 Å². The van der Waals surface area contributed by atoms with Crippen molar-refractivity contribution in [3.8, 4) is 11.4 Å². The van der Waals surface area contributed by atoms with Gasteiger partial charge in [-0.15, -0.1) is 11.3 Å². The molecule has 0 saturated carbocycles. The molecule has 0 saturated heterocycles. The minimum absolute atomic E-state index is 0.0540. The first kappa shape index (κ1) is 18.1. The Bertz CT molecular complexity index is 909. The number of carbonyl (C=O) groups excluding carboxylic acids is 1. The zero-order chi connectivity index (χ0) is 18.7. The minimum atomic E-state index is -4.80. The van der Waals surface area contributed by atoms with Crippen LogP contribution < -0.4 is 0 Å². The van der Waals surface area contributed by atoms with Crippen LogP contribution >= 0.6 is 11.3 Å². The van der Waals surface area contributed by atoms with Crippen LogP contribution in [-0.2, 0) is 17.5 Å². The Morgan fingerprint density at radius 2 is 2.12 bits per heavy atom. The third kappa shape index (κ3) is 4.11. The summed E-state index contributed by atoms with van der Waals surface area (Å²) in [5.74, 6) is -3.52. The summed E-state index contributed by atoms with van der Waals surface area (Å²) in [6.45, 7) is -0.258. The number of benzene rings is 1. The molecule has 3 aromatic rings. The smallest absolute Gasteiger partial charge is 0.367 e. The molecule has 0 aliphatic carbocycles. The third-order valence-electron chi connectivity index (χ3n) is 3.16. The molecule has 1 aromatic carbocycles. The van der Waals surface area contributed by atoms with Crippen LogP contribution in [0.15, 0.2) is 33.6 Å². The molecular formula is C15H9F4N3O3S. The van der Waals surface area contributed by atoms with Gasteiger partial charge in [-0.05, 0) is 12.1 Å². The van der Waals surface area contributed by atoms with E-state index in [1.54, 1.807) is 10.9 Å². The molecule has 26 heavy (non-hydrogen) atoms. The van der Waals surface area contributed by atoms with Gasteiger partial charge < -0.3 is 9.26 Å². The van der Waals surface area contributed by atoms with Crippen molar-refractivity contribution in [2.45, 2.75) is 12.8 Å². The fraction of sp³-hybridized carbons (Fsp3) is 0.200. The van der Waals surface area contributed by atoms with E-state index in [1.165, 1.54) is 17.4 Å². The van der Waals surface area contributed by atoms with E-state index in [1.807, 2.05) is 0 Å². The van der Waals surface area contributed by atoms with E-state index in [9.17, 15) is 22.4 Å². The van der Waals surface area contributed by atoms with Gasteiger partial charge in [0.05, 0.1) is 23.4 Å². The van der Waals surface area contributed by atoms with Gasteiger partial charge in [-0.2, -0.15) is 18.2 Å². The third-order valence-corrected chi connectivity index (χ3v) is 3.80. The summed E-state index contributed by atoms with van der Waals surface area (Å²) in [6.07, 6.45) is -4.80. The Hall–Kier alpha value is -2.66. The molecule has 0 spiro atoms. The second kappa shape index (κ2) is 7.30. The molecule has 0 aliphatic rings. The SMILES string of the molecule is O=C(COCc1cscn1)c1ccc(-c2noc(C(F)(F)F)n2)cc1F. The molecule has 2 heterocycles. The monoisotopic (exact) mass is 387 g/mol. The molecule has 0 radical (unpaired) electrons. The van der Waals surface area contributed by atoms with Gasteiger partial charge in [0.15, 0.2) is 5.78 Å². The van der Waals surface area contributed by atoms with E-state index in [2.05, 4.69) is 19.6 Å². The Morgan fingerprint density at radius 1 is 1.31 bits per heavy atom. The lowest BCUT2D eigenvalue weighted by Gasteiger charge is -2.05. The van der Waals surface area contributed by atoms with Crippen molar-refractivity contribution < 1.29 is 31.6 Å². The van der Waals surface area contributed by atoms with Crippen molar-refractivity contribution in [3.63, 3.8) is 0 Å². The molecule has 6 nitrogen and oxygen atoms in total. The van der Waals surface area contributed by atoms with Gasteiger partial charge in [-0.3, -0.25) is 4.79 Å². The number of aromatic nitrogens is 3. The van der Waals surface area contributed by atoms with Crippen LogP contribution in [0.5, 0.6) is 0 Å². The molecule has 0 aliphatic heterocycles. The summed E-state index contributed by atoms with van der Waals surface area (Å²) in [4.78, 5) is 19.1. The summed E-state index contributed by atoms with van der Waals surface area (Å²) in [6, 6.07) is 3.21. The Morgan fingerprint density at radius 3 is 2.73 bits per heavy atom. The second-order valence-corrected chi connectivity index (χ2v) is 5.73. The number of alkyl halides is 3. The average molecular weight is 387 g/mol. The van der Waals surface area contributed by atoms with Gasteiger partial charge in [-0.1, -0.05) is 11.2 Å². The van der Waals surface area contributed by atoms with Crippen LogP contribution in [0.25, 0.3) is 11.4 Å². The van der Waals surface area contributed by atoms with Gasteiger partial charge in [0.1, 0.15) is 12.4 Å². The Balaban J connectivity index is 1.68. The van der Waals surface area contributed by atoms with Crippen LogP contribution in [0.4, 0.5) is 17.6 Å². The van der Waals surface area contributed by atoms with Crippen molar-refractivity contribution in [1.29, 1.82) is 0 Å². The lowest BCUT2D eigenvalue weighted by molar-refractivity contribution is -0.159. The van der Waals surface area contributed by atoms with Crippen molar-refractivity contribution in [2.24, 2.45) is 0 Å². The number of ether oxygens (including phenoxy) is 1. The van der Waals surface area contributed by atoms with Gasteiger partial charge in [-0.25, -0.2) is 9.37 Å². The van der Waals surface area contributed by atoms with Crippen molar-refractivity contribution in [2.75, 3.05) is 6.61 Å². The standard InChI is InChI=1S/C15H9F4N3O3S/c16-11-3-8(13-21-14(25-22-13)15(17,18)19)1-2-10(11)12(23)5-24-4-9-6-26-7-20-9/h1-3,6-7H,4-5H2. The van der Waals surface area contributed by atoms with Crippen LogP contribution in [0.2, 0.25) is 0 Å². The summed E-state index contributed by atoms with van der Waals surface area (Å²) < 4.78 is 60.8. The molecular weight excluding hydrogens is 378 g/mol. The highest BCUT2D eigenvalue weighted by Crippen LogP contribution is 2.29. The van der Waals surface area contributed by atoms with Crippen LogP contribution in [-0.4, -0.2) is 27.5 Å². The van der Waals surface area contributed by atoms with Gasteiger partial charge in [0, 0.05) is 10.9 Å². The predicted molar refractivity (Wildman–Crippen MR) is 80.8 cm³/mol. The molecule has 0 unspecified atom stereocenters. The first-order valence-electron chi connectivity index (χ1n) is 7.03. The van der Waals surface area contributed by atoms with Gasteiger partial charge in [0.25, 0.3) is 0 Å². The number of rotatable bonds is 6. The van der Waals surface area contributed by atoms with Crippen LogP contribution in [0.3, 0.4) is 0 Å².